The molecule has 0 aliphatic carbocycles. The minimum atomic E-state index is 0.283. The van der Waals surface area contributed by atoms with Crippen LogP contribution in [0.1, 0.15) is 141 Å². The summed E-state index contributed by atoms with van der Waals surface area (Å²) in [5.74, 6) is 0. The Balaban J connectivity index is -0.000000204. The van der Waals surface area contributed by atoms with E-state index in [0.717, 1.165) is 109 Å². The third-order valence-corrected chi connectivity index (χ3v) is 5.76. The molecule has 0 aromatic heterocycles. The van der Waals surface area contributed by atoms with Crippen molar-refractivity contribution < 1.29 is 40.9 Å². The van der Waals surface area contributed by atoms with Gasteiger partial charge in [0.1, 0.15) is 0 Å². The van der Waals surface area contributed by atoms with Crippen LogP contribution >= 0.6 is 0 Å². The predicted octanol–water partition coefficient (Wildman–Crippen LogP) is 4.47. The maximum atomic E-state index is 8.47. The molecular weight excluding hydrogens is 488 g/mol. The van der Waals surface area contributed by atoms with Crippen LogP contribution < -0.4 is 0 Å². The van der Waals surface area contributed by atoms with Crippen LogP contribution in [0.2, 0.25) is 0 Å². The summed E-state index contributed by atoms with van der Waals surface area (Å²) in [5.41, 5.74) is 0. The summed E-state index contributed by atoms with van der Waals surface area (Å²) in [6, 6.07) is 0. The van der Waals surface area contributed by atoms with Crippen LogP contribution in [0.15, 0.2) is 0 Å². The van der Waals surface area contributed by atoms with Crippen molar-refractivity contribution in [1.82, 2.24) is 0 Å². The molecule has 0 atom stereocenters. The first-order valence-electron chi connectivity index (χ1n) is 15.5. The zero-order valence-corrected chi connectivity index (χ0v) is 24.8. The number of hydrogen-bond donors (Lipinski definition) is 8. The number of aliphatic hydroxyl groups is 8. The lowest BCUT2D eigenvalue weighted by molar-refractivity contribution is 0.265. The highest BCUT2D eigenvalue weighted by Gasteiger charge is 1.90. The second-order valence-electron chi connectivity index (χ2n) is 9.57. The molecule has 0 rings (SSSR count). The summed E-state index contributed by atoms with van der Waals surface area (Å²) < 4.78 is 0. The molecule has 0 radical (unpaired) electrons. The molecule has 8 nitrogen and oxygen atoms in total. The minimum Gasteiger partial charge on any atom is -0.396 e. The van der Waals surface area contributed by atoms with Crippen LogP contribution in [0.25, 0.3) is 0 Å². The van der Waals surface area contributed by atoms with Gasteiger partial charge in [-0.2, -0.15) is 0 Å². The Labute approximate surface area is 235 Å². The molecule has 0 amide bonds. The van der Waals surface area contributed by atoms with E-state index in [9.17, 15) is 0 Å². The van der Waals surface area contributed by atoms with Gasteiger partial charge in [-0.3, -0.25) is 0 Å². The van der Waals surface area contributed by atoms with E-state index >= 15 is 0 Å². The largest absolute Gasteiger partial charge is 0.396 e. The smallest absolute Gasteiger partial charge is 0.0431 e. The highest BCUT2D eigenvalue weighted by Crippen LogP contribution is 2.06. The number of hydrogen-bond acceptors (Lipinski definition) is 8. The average Bonchev–Trinajstić information content (AvgIpc) is 2.94. The van der Waals surface area contributed by atoms with E-state index < -0.39 is 0 Å². The van der Waals surface area contributed by atoms with Crippen LogP contribution in [0.5, 0.6) is 0 Å². The van der Waals surface area contributed by atoms with Crippen molar-refractivity contribution in [3.8, 4) is 0 Å². The first-order chi connectivity index (χ1) is 18.7. The van der Waals surface area contributed by atoms with Crippen LogP contribution in [0.4, 0.5) is 0 Å². The van der Waals surface area contributed by atoms with Gasteiger partial charge in [0.2, 0.25) is 0 Å². The highest BCUT2D eigenvalue weighted by molar-refractivity contribution is 4.45. The zero-order valence-electron chi connectivity index (χ0n) is 24.8. The van der Waals surface area contributed by atoms with Gasteiger partial charge in [0.25, 0.3) is 0 Å². The molecule has 0 heterocycles. The minimum absolute atomic E-state index is 0.283. The third kappa shape index (κ3) is 65.1. The summed E-state index contributed by atoms with van der Waals surface area (Å²) >= 11 is 0. The topological polar surface area (TPSA) is 162 Å². The first kappa shape index (κ1) is 44.7. The van der Waals surface area contributed by atoms with Gasteiger partial charge in [-0.1, -0.05) is 89.9 Å². The number of aliphatic hydroxyl groups excluding tert-OH is 8. The molecule has 0 saturated heterocycles. The predicted molar refractivity (Wildman–Crippen MR) is 158 cm³/mol. The zero-order chi connectivity index (χ0) is 29.2. The fourth-order valence-electron chi connectivity index (χ4n) is 3.37. The molecule has 0 aromatic rings. The van der Waals surface area contributed by atoms with E-state index in [2.05, 4.69) is 0 Å². The first-order valence-corrected chi connectivity index (χ1v) is 15.5. The lowest BCUT2D eigenvalue weighted by Crippen LogP contribution is -1.85. The maximum absolute atomic E-state index is 8.47. The van der Waals surface area contributed by atoms with Crippen molar-refractivity contribution in [2.45, 2.75) is 141 Å². The second kappa shape index (κ2) is 53.0. The maximum Gasteiger partial charge on any atom is 0.0431 e. The van der Waals surface area contributed by atoms with Crippen LogP contribution in [-0.2, 0) is 0 Å². The SMILES string of the molecule is OCCCCCCCCCO.OCCCCCCCCO.OCCCCCCCO.OCCCCCCO. The van der Waals surface area contributed by atoms with E-state index in [1.165, 1.54) is 32.1 Å². The van der Waals surface area contributed by atoms with Gasteiger partial charge in [0.05, 0.1) is 0 Å². The van der Waals surface area contributed by atoms with Crippen molar-refractivity contribution in [3.63, 3.8) is 0 Å². The quantitative estimate of drug-likeness (QED) is 0.0724. The monoisotopic (exact) mass is 556 g/mol. The molecule has 0 aromatic carbocycles. The van der Waals surface area contributed by atoms with E-state index in [-0.39, 0.29) is 13.2 Å². The van der Waals surface area contributed by atoms with Gasteiger partial charge in [-0.05, 0) is 51.4 Å². The third-order valence-electron chi connectivity index (χ3n) is 5.76. The van der Waals surface area contributed by atoms with Crippen molar-refractivity contribution in [2.75, 3.05) is 52.9 Å². The Bertz CT molecular complexity index is 295. The Morgan fingerprint density at radius 1 is 0.132 bits per heavy atom. The van der Waals surface area contributed by atoms with Crippen molar-refractivity contribution in [3.05, 3.63) is 0 Å². The molecule has 0 spiro atoms. The summed E-state index contributed by atoms with van der Waals surface area (Å²) in [7, 11) is 0. The lowest BCUT2D eigenvalue weighted by Gasteiger charge is -1.98. The molecule has 236 valence electrons. The summed E-state index contributed by atoms with van der Waals surface area (Å²) in [6.45, 7) is 2.47. The number of unbranched alkanes of at least 4 members (excludes halogenated alkanes) is 18. The standard InChI is InChI=1S/C9H20O2.C8H18O2.C7H16O2.C6H14O2/c10-8-6-4-2-1-3-5-7-9-11;9-7-5-3-1-2-4-6-8-10;8-6-4-2-1-3-5-7-9;7-5-3-1-2-4-6-8/h10-11H,1-9H2;9-10H,1-8H2;8-9H,1-7H2;7-8H,1-6H2. The van der Waals surface area contributed by atoms with Gasteiger partial charge in [-0.15, -0.1) is 0 Å². The number of rotatable bonds is 26. The lowest BCUT2D eigenvalue weighted by atomic mass is 10.1. The van der Waals surface area contributed by atoms with Gasteiger partial charge in [0.15, 0.2) is 0 Å². The van der Waals surface area contributed by atoms with Crippen LogP contribution in [0, 0.1) is 0 Å². The molecular formula is C30H68O8. The highest BCUT2D eigenvalue weighted by atomic mass is 16.3. The fraction of sp³-hybridized carbons (Fsp3) is 1.00. The van der Waals surface area contributed by atoms with Crippen LogP contribution in [0.3, 0.4) is 0 Å². The molecule has 0 bridgehead atoms. The van der Waals surface area contributed by atoms with E-state index in [1.807, 2.05) is 0 Å². The Morgan fingerprint density at radius 3 is 0.289 bits per heavy atom. The molecule has 8 N–H and O–H groups in total. The van der Waals surface area contributed by atoms with E-state index in [0.29, 0.717) is 39.6 Å². The van der Waals surface area contributed by atoms with Crippen molar-refractivity contribution in [2.24, 2.45) is 0 Å². The molecule has 0 aliphatic heterocycles. The Kier molecular flexibility index (Phi) is 62.3. The van der Waals surface area contributed by atoms with Crippen LogP contribution in [-0.4, -0.2) is 93.7 Å². The molecule has 8 heteroatoms. The summed E-state index contributed by atoms with van der Waals surface area (Å²) in [5, 5.41) is 67.2. The fourth-order valence-corrected chi connectivity index (χ4v) is 3.37. The Hall–Kier alpha value is -0.320. The van der Waals surface area contributed by atoms with Gasteiger partial charge in [0, 0.05) is 52.9 Å². The van der Waals surface area contributed by atoms with Crippen molar-refractivity contribution in [1.29, 1.82) is 0 Å². The Morgan fingerprint density at radius 2 is 0.211 bits per heavy atom. The van der Waals surface area contributed by atoms with E-state index in [1.54, 1.807) is 0 Å². The van der Waals surface area contributed by atoms with Crippen molar-refractivity contribution >= 4 is 0 Å². The second-order valence-corrected chi connectivity index (χ2v) is 9.57. The van der Waals surface area contributed by atoms with Gasteiger partial charge < -0.3 is 40.9 Å². The van der Waals surface area contributed by atoms with Gasteiger partial charge in [-0.25, -0.2) is 0 Å². The summed E-state index contributed by atoms with van der Waals surface area (Å²) in [4.78, 5) is 0. The summed E-state index contributed by atoms with van der Waals surface area (Å²) in [6.07, 6.45) is 23.4. The van der Waals surface area contributed by atoms with E-state index in [4.69, 9.17) is 40.9 Å². The average molecular weight is 557 g/mol. The normalized spacial score (nSPS) is 10.1. The molecule has 0 aliphatic rings. The van der Waals surface area contributed by atoms with Gasteiger partial charge >= 0.3 is 0 Å². The molecule has 38 heavy (non-hydrogen) atoms. The molecule has 0 unspecified atom stereocenters. The molecule has 0 fully saturated rings. The molecule has 0 saturated carbocycles.